The minimum Gasteiger partial charge on any atom is -0.368 e. The monoisotopic (exact) mass is 273 g/mol. The fourth-order valence-corrected chi connectivity index (χ4v) is 1.70. The summed E-state index contributed by atoms with van der Waals surface area (Å²) >= 11 is 0. The second-order valence-electron chi connectivity index (χ2n) is 3.90. The highest BCUT2D eigenvalue weighted by Gasteiger charge is 2.34. The Hall–Kier alpha value is -2.08. The number of anilines is 2. The summed E-state index contributed by atoms with van der Waals surface area (Å²) in [5, 5.41) is 8.76. The van der Waals surface area contributed by atoms with Crippen molar-refractivity contribution < 1.29 is 17.9 Å². The van der Waals surface area contributed by atoms with Gasteiger partial charge in [-0.1, -0.05) is 0 Å². The van der Waals surface area contributed by atoms with Gasteiger partial charge in [0.15, 0.2) is 11.8 Å². The lowest BCUT2D eigenvalue weighted by Crippen LogP contribution is -2.42. The second-order valence-corrected chi connectivity index (χ2v) is 3.90. The number of halogens is 3. The van der Waals surface area contributed by atoms with Gasteiger partial charge in [-0.15, -0.1) is 0 Å². The number of aromatic nitrogens is 2. The van der Waals surface area contributed by atoms with Gasteiger partial charge in [-0.05, 0) is 0 Å². The first-order valence-electron chi connectivity index (χ1n) is 5.38. The number of rotatable bonds is 1. The molecule has 102 valence electrons. The molecule has 1 saturated heterocycles. The zero-order valence-corrected chi connectivity index (χ0v) is 9.68. The van der Waals surface area contributed by atoms with Gasteiger partial charge in [0.1, 0.15) is 5.82 Å². The lowest BCUT2D eigenvalue weighted by molar-refractivity contribution is -0.141. The summed E-state index contributed by atoms with van der Waals surface area (Å²) < 4.78 is 43.0. The number of alkyl halides is 3. The van der Waals surface area contributed by atoms with Crippen LogP contribution in [0.1, 0.15) is 5.69 Å². The number of nitrogens with zero attached hydrogens (tertiary/aromatic N) is 4. The third-order valence-corrected chi connectivity index (χ3v) is 2.55. The molecule has 1 unspecified atom stereocenters. The highest BCUT2D eigenvalue weighted by Crippen LogP contribution is 2.30. The maximum absolute atomic E-state index is 12.6. The minimum absolute atomic E-state index is 0.0448. The molecule has 6 nitrogen and oxygen atoms in total. The molecule has 2 rings (SSSR count). The molecule has 19 heavy (non-hydrogen) atoms. The van der Waals surface area contributed by atoms with E-state index in [0.717, 1.165) is 6.07 Å². The van der Waals surface area contributed by atoms with Crippen molar-refractivity contribution in [3.05, 3.63) is 11.8 Å². The fourth-order valence-electron chi connectivity index (χ4n) is 1.70. The van der Waals surface area contributed by atoms with Crippen molar-refractivity contribution in [1.29, 1.82) is 5.26 Å². The molecule has 0 bridgehead atoms. The van der Waals surface area contributed by atoms with Gasteiger partial charge in [-0.2, -0.15) is 23.4 Å². The highest BCUT2D eigenvalue weighted by molar-refractivity contribution is 5.45. The summed E-state index contributed by atoms with van der Waals surface area (Å²) in [6.07, 6.45) is -5.29. The minimum atomic E-state index is -4.59. The Bertz CT molecular complexity index is 513. The van der Waals surface area contributed by atoms with E-state index in [1.54, 1.807) is 0 Å². The predicted molar refractivity (Wildman–Crippen MR) is 59.0 cm³/mol. The van der Waals surface area contributed by atoms with Gasteiger partial charge >= 0.3 is 6.18 Å². The van der Waals surface area contributed by atoms with Crippen LogP contribution in [0.15, 0.2) is 6.07 Å². The van der Waals surface area contributed by atoms with Crippen molar-refractivity contribution in [3.8, 4) is 6.07 Å². The van der Waals surface area contributed by atoms with Crippen molar-refractivity contribution in [2.45, 2.75) is 12.3 Å². The van der Waals surface area contributed by atoms with E-state index in [9.17, 15) is 13.2 Å². The summed E-state index contributed by atoms with van der Waals surface area (Å²) in [5.41, 5.74) is 4.18. The summed E-state index contributed by atoms with van der Waals surface area (Å²) in [4.78, 5) is 8.44. The van der Waals surface area contributed by atoms with Crippen LogP contribution in [-0.2, 0) is 10.9 Å². The molecule has 2 N–H and O–H groups in total. The molecule has 1 fully saturated rings. The van der Waals surface area contributed by atoms with Crippen molar-refractivity contribution in [2.75, 3.05) is 30.3 Å². The Morgan fingerprint density at radius 1 is 1.47 bits per heavy atom. The Morgan fingerprint density at radius 3 is 2.84 bits per heavy atom. The van der Waals surface area contributed by atoms with Crippen molar-refractivity contribution in [1.82, 2.24) is 9.97 Å². The lowest BCUT2D eigenvalue weighted by atomic mass is 10.2. The van der Waals surface area contributed by atoms with E-state index in [-0.39, 0.29) is 19.0 Å². The van der Waals surface area contributed by atoms with Crippen molar-refractivity contribution in [2.24, 2.45) is 0 Å². The van der Waals surface area contributed by atoms with E-state index in [0.29, 0.717) is 6.54 Å². The van der Waals surface area contributed by atoms with Gasteiger partial charge in [-0.25, -0.2) is 4.98 Å². The molecule has 2 heterocycles. The standard InChI is InChI=1S/C10H10F3N5O/c11-10(12,13)7-3-8(17-9(15)16-7)18-1-2-19-6(4-14)5-18/h3,6H,1-2,5H2,(H2,15,16,17). The SMILES string of the molecule is N#CC1CN(c2cc(C(F)(F)F)nc(N)n2)CCO1. The summed E-state index contributed by atoms with van der Waals surface area (Å²) in [5.74, 6) is -0.409. The van der Waals surface area contributed by atoms with Crippen LogP contribution in [0.5, 0.6) is 0 Å². The van der Waals surface area contributed by atoms with Gasteiger partial charge in [0, 0.05) is 12.6 Å². The first-order valence-corrected chi connectivity index (χ1v) is 5.38. The molecule has 1 aromatic rings. The van der Waals surface area contributed by atoms with Crippen LogP contribution in [0.3, 0.4) is 0 Å². The molecule has 0 aliphatic carbocycles. The molecule has 9 heteroatoms. The molecule has 1 aromatic heterocycles. The van der Waals surface area contributed by atoms with Gasteiger partial charge in [-0.3, -0.25) is 0 Å². The Morgan fingerprint density at radius 2 is 2.21 bits per heavy atom. The Labute approximate surface area is 106 Å². The van der Waals surface area contributed by atoms with Crippen LogP contribution in [0, 0.1) is 11.3 Å². The molecule has 0 spiro atoms. The number of nitrogen functional groups attached to an aromatic ring is 1. The number of hydrogen-bond acceptors (Lipinski definition) is 6. The Balaban J connectivity index is 2.30. The number of nitriles is 1. The van der Waals surface area contributed by atoms with E-state index in [4.69, 9.17) is 15.7 Å². The maximum Gasteiger partial charge on any atom is 0.433 e. The largest absolute Gasteiger partial charge is 0.433 e. The van der Waals surface area contributed by atoms with Crippen LogP contribution in [0.2, 0.25) is 0 Å². The smallest absolute Gasteiger partial charge is 0.368 e. The summed E-state index contributed by atoms with van der Waals surface area (Å²) in [6.45, 7) is 0.722. The van der Waals surface area contributed by atoms with Crippen LogP contribution >= 0.6 is 0 Å². The molecule has 0 saturated carbocycles. The average molecular weight is 273 g/mol. The number of hydrogen-bond donors (Lipinski definition) is 1. The molecule has 0 aromatic carbocycles. The number of ether oxygens (including phenoxy) is 1. The van der Waals surface area contributed by atoms with Gasteiger partial charge in [0.25, 0.3) is 0 Å². The number of nitrogens with two attached hydrogens (primary N) is 1. The second kappa shape index (κ2) is 4.89. The van der Waals surface area contributed by atoms with E-state index in [1.165, 1.54) is 4.90 Å². The molecule has 0 amide bonds. The molecular weight excluding hydrogens is 263 g/mol. The zero-order valence-electron chi connectivity index (χ0n) is 9.68. The third kappa shape index (κ3) is 3.03. The molecular formula is C10H10F3N5O. The normalized spacial score (nSPS) is 20.1. The Kier molecular flexibility index (Phi) is 3.44. The van der Waals surface area contributed by atoms with Crippen LogP contribution in [0.4, 0.5) is 24.9 Å². The van der Waals surface area contributed by atoms with E-state index in [1.807, 2.05) is 6.07 Å². The first-order chi connectivity index (χ1) is 8.90. The maximum atomic E-state index is 12.6. The first kappa shape index (κ1) is 13.4. The van der Waals surface area contributed by atoms with Crippen LogP contribution < -0.4 is 10.6 Å². The van der Waals surface area contributed by atoms with E-state index in [2.05, 4.69) is 9.97 Å². The highest BCUT2D eigenvalue weighted by atomic mass is 19.4. The van der Waals surface area contributed by atoms with Crippen molar-refractivity contribution in [3.63, 3.8) is 0 Å². The topological polar surface area (TPSA) is 88.1 Å². The fraction of sp³-hybridized carbons (Fsp3) is 0.500. The van der Waals surface area contributed by atoms with Crippen molar-refractivity contribution >= 4 is 11.8 Å². The van der Waals surface area contributed by atoms with Gasteiger partial charge in [0.2, 0.25) is 5.95 Å². The lowest BCUT2D eigenvalue weighted by Gasteiger charge is -2.30. The number of morpholine rings is 1. The van der Waals surface area contributed by atoms with Gasteiger partial charge in [0.05, 0.1) is 19.2 Å². The molecule has 1 aliphatic heterocycles. The molecule has 1 aliphatic rings. The van der Waals surface area contributed by atoms with Crippen LogP contribution in [0.25, 0.3) is 0 Å². The quantitative estimate of drug-likeness (QED) is 0.814. The zero-order chi connectivity index (χ0) is 14.0. The molecule has 0 radical (unpaired) electrons. The van der Waals surface area contributed by atoms with E-state index < -0.39 is 23.9 Å². The van der Waals surface area contributed by atoms with Crippen LogP contribution in [-0.4, -0.2) is 35.8 Å². The summed E-state index contributed by atoms with van der Waals surface area (Å²) in [6, 6.07) is 2.72. The average Bonchev–Trinajstić information content (AvgIpc) is 2.37. The predicted octanol–water partition coefficient (Wildman–Crippen LogP) is 0.806. The van der Waals surface area contributed by atoms with E-state index >= 15 is 0 Å². The third-order valence-electron chi connectivity index (χ3n) is 2.55. The van der Waals surface area contributed by atoms with Gasteiger partial charge < -0.3 is 15.4 Å². The molecule has 1 atom stereocenters. The summed E-state index contributed by atoms with van der Waals surface area (Å²) in [7, 11) is 0.